The summed E-state index contributed by atoms with van der Waals surface area (Å²) in [5.41, 5.74) is 1.01. The Morgan fingerprint density at radius 3 is 2.62 bits per heavy atom. The highest BCUT2D eigenvalue weighted by atomic mass is 35.5. The molecule has 3 aromatic rings. The lowest BCUT2D eigenvalue weighted by atomic mass is 10.1. The summed E-state index contributed by atoms with van der Waals surface area (Å²) in [6, 6.07) is 10.4. The summed E-state index contributed by atoms with van der Waals surface area (Å²) >= 11 is 5.89. The lowest BCUT2D eigenvalue weighted by Crippen LogP contribution is -2.23. The fraction of sp³-hybridized carbons (Fsp3) is 0.125. The third-order valence-electron chi connectivity index (χ3n) is 3.67. The average molecular weight is 346 g/mol. The number of hydrogen-bond acceptors (Lipinski definition) is 5. The number of non-ortho nitro benzene ring substituents is 1. The highest BCUT2D eigenvalue weighted by Crippen LogP contribution is 2.30. The first-order valence-corrected chi connectivity index (χ1v) is 7.34. The zero-order chi connectivity index (χ0) is 17.3. The van der Waals surface area contributed by atoms with Gasteiger partial charge in [0.15, 0.2) is 6.04 Å². The number of ether oxygens (including phenoxy) is 1. The number of nitro benzene ring substituents is 1. The van der Waals surface area contributed by atoms with E-state index in [1.165, 1.54) is 24.1 Å². The van der Waals surface area contributed by atoms with Gasteiger partial charge in [-0.15, -0.1) is 0 Å². The number of carbonyl (C=O) groups excluding carboxylic acids is 1. The second kappa shape index (κ2) is 6.29. The number of esters is 1. The van der Waals surface area contributed by atoms with Crippen LogP contribution >= 0.6 is 11.6 Å². The molecule has 24 heavy (non-hydrogen) atoms. The summed E-state index contributed by atoms with van der Waals surface area (Å²) in [7, 11) is 1.28. The van der Waals surface area contributed by atoms with Gasteiger partial charge in [0, 0.05) is 11.1 Å². The van der Waals surface area contributed by atoms with Crippen molar-refractivity contribution in [1.29, 1.82) is 0 Å². The SMILES string of the molecule is COC(=O)C(c1ccc(Cl)cc1)n1ncc2c([N+](=O)[O-])cccc21. The molecular weight excluding hydrogens is 334 g/mol. The Bertz CT molecular complexity index is 921. The van der Waals surface area contributed by atoms with Crippen LogP contribution in [0.2, 0.25) is 5.02 Å². The van der Waals surface area contributed by atoms with Crippen molar-refractivity contribution in [3.05, 3.63) is 69.4 Å². The van der Waals surface area contributed by atoms with Crippen LogP contribution in [0.5, 0.6) is 0 Å². The maximum absolute atomic E-state index is 12.3. The predicted molar refractivity (Wildman–Crippen MR) is 88.0 cm³/mol. The number of fused-ring (bicyclic) bond motifs is 1. The van der Waals surface area contributed by atoms with Crippen LogP contribution in [0.15, 0.2) is 48.7 Å². The molecule has 2 aromatic carbocycles. The molecule has 0 spiro atoms. The molecule has 0 saturated carbocycles. The summed E-state index contributed by atoms with van der Waals surface area (Å²) in [5, 5.41) is 16.2. The molecular formula is C16H12ClN3O4. The normalized spacial score (nSPS) is 12.1. The first-order valence-electron chi connectivity index (χ1n) is 6.97. The van der Waals surface area contributed by atoms with E-state index in [0.717, 1.165) is 0 Å². The molecule has 0 amide bonds. The summed E-state index contributed by atoms with van der Waals surface area (Å²) < 4.78 is 6.29. The third-order valence-corrected chi connectivity index (χ3v) is 3.92. The van der Waals surface area contributed by atoms with Crippen molar-refractivity contribution < 1.29 is 14.5 Å². The molecule has 0 aliphatic carbocycles. The van der Waals surface area contributed by atoms with Gasteiger partial charge in [-0.3, -0.25) is 10.1 Å². The molecule has 8 heteroatoms. The van der Waals surface area contributed by atoms with Gasteiger partial charge in [-0.25, -0.2) is 9.48 Å². The van der Waals surface area contributed by atoms with Crippen LogP contribution in [-0.2, 0) is 9.53 Å². The number of aromatic nitrogens is 2. The molecule has 0 N–H and O–H groups in total. The second-order valence-electron chi connectivity index (χ2n) is 5.03. The number of nitro groups is 1. The number of methoxy groups -OCH3 is 1. The highest BCUT2D eigenvalue weighted by Gasteiger charge is 2.27. The number of rotatable bonds is 4. The molecule has 0 bridgehead atoms. The summed E-state index contributed by atoms with van der Waals surface area (Å²) in [4.78, 5) is 23.0. The summed E-state index contributed by atoms with van der Waals surface area (Å²) in [6.07, 6.45) is 1.37. The Balaban J connectivity index is 2.20. The Labute approximate surface area is 141 Å². The third kappa shape index (κ3) is 2.69. The van der Waals surface area contributed by atoms with Gasteiger partial charge >= 0.3 is 5.97 Å². The van der Waals surface area contributed by atoms with Gasteiger partial charge in [0.1, 0.15) is 0 Å². The Morgan fingerprint density at radius 1 is 1.29 bits per heavy atom. The lowest BCUT2D eigenvalue weighted by molar-refractivity contribution is -0.383. The number of benzene rings is 2. The van der Waals surface area contributed by atoms with Gasteiger partial charge in [0.2, 0.25) is 0 Å². The van der Waals surface area contributed by atoms with E-state index in [0.29, 0.717) is 21.5 Å². The zero-order valence-corrected chi connectivity index (χ0v) is 13.3. The Hall–Kier alpha value is -2.93. The zero-order valence-electron chi connectivity index (χ0n) is 12.5. The van der Waals surface area contributed by atoms with Crippen LogP contribution in [0.1, 0.15) is 11.6 Å². The van der Waals surface area contributed by atoms with E-state index in [1.54, 1.807) is 36.4 Å². The second-order valence-corrected chi connectivity index (χ2v) is 5.47. The van der Waals surface area contributed by atoms with Gasteiger partial charge in [-0.05, 0) is 23.8 Å². The van der Waals surface area contributed by atoms with Crippen LogP contribution in [-0.4, -0.2) is 27.8 Å². The maximum atomic E-state index is 12.3. The van der Waals surface area contributed by atoms with Crippen molar-refractivity contribution in [3.63, 3.8) is 0 Å². The van der Waals surface area contributed by atoms with E-state index in [9.17, 15) is 14.9 Å². The van der Waals surface area contributed by atoms with E-state index < -0.39 is 16.9 Å². The highest BCUT2D eigenvalue weighted by molar-refractivity contribution is 6.30. The minimum absolute atomic E-state index is 0.0709. The number of nitrogens with zero attached hydrogens (tertiary/aromatic N) is 3. The van der Waals surface area contributed by atoms with E-state index in [2.05, 4.69) is 5.10 Å². The lowest BCUT2D eigenvalue weighted by Gasteiger charge is -2.16. The molecule has 122 valence electrons. The molecule has 0 saturated heterocycles. The number of halogens is 1. The van der Waals surface area contributed by atoms with Crippen LogP contribution in [0, 0.1) is 10.1 Å². The molecule has 1 atom stereocenters. The first-order chi connectivity index (χ1) is 11.5. The molecule has 0 fully saturated rings. The van der Waals surface area contributed by atoms with Gasteiger partial charge in [-0.2, -0.15) is 5.10 Å². The molecule has 0 radical (unpaired) electrons. The summed E-state index contributed by atoms with van der Waals surface area (Å²) in [5.74, 6) is -0.533. The van der Waals surface area contributed by atoms with Crippen molar-refractivity contribution in [2.75, 3.05) is 7.11 Å². The fourth-order valence-electron chi connectivity index (χ4n) is 2.55. The van der Waals surface area contributed by atoms with E-state index in [1.807, 2.05) is 0 Å². The van der Waals surface area contributed by atoms with Crippen LogP contribution in [0.3, 0.4) is 0 Å². The Morgan fingerprint density at radius 2 is 2.00 bits per heavy atom. The molecule has 1 aromatic heterocycles. The molecule has 1 heterocycles. The fourth-order valence-corrected chi connectivity index (χ4v) is 2.68. The van der Waals surface area contributed by atoms with Gasteiger partial charge in [0.25, 0.3) is 5.69 Å². The van der Waals surface area contributed by atoms with Crippen LogP contribution < -0.4 is 0 Å². The topological polar surface area (TPSA) is 87.3 Å². The van der Waals surface area contributed by atoms with Crippen LogP contribution in [0.25, 0.3) is 10.9 Å². The molecule has 0 aliphatic heterocycles. The van der Waals surface area contributed by atoms with Crippen molar-refractivity contribution in [2.45, 2.75) is 6.04 Å². The standard InChI is InChI=1S/C16H12ClN3O4/c1-24-16(21)15(10-5-7-11(17)8-6-10)19-13-3-2-4-14(20(22)23)12(13)9-18-19/h2-9,15H,1H3. The minimum Gasteiger partial charge on any atom is -0.467 e. The Kier molecular flexibility index (Phi) is 4.18. The van der Waals surface area contributed by atoms with Crippen molar-refractivity contribution in [2.24, 2.45) is 0 Å². The monoisotopic (exact) mass is 345 g/mol. The van der Waals surface area contributed by atoms with Crippen molar-refractivity contribution >= 4 is 34.2 Å². The smallest absolute Gasteiger partial charge is 0.335 e. The maximum Gasteiger partial charge on any atom is 0.335 e. The molecule has 0 aliphatic rings. The van der Waals surface area contributed by atoms with Gasteiger partial charge in [0.05, 0.1) is 29.1 Å². The quantitative estimate of drug-likeness (QED) is 0.411. The van der Waals surface area contributed by atoms with Gasteiger partial charge < -0.3 is 4.74 Å². The van der Waals surface area contributed by atoms with Gasteiger partial charge in [-0.1, -0.05) is 29.8 Å². The van der Waals surface area contributed by atoms with Crippen molar-refractivity contribution in [1.82, 2.24) is 9.78 Å². The number of hydrogen-bond donors (Lipinski definition) is 0. The van der Waals surface area contributed by atoms with Crippen LogP contribution in [0.4, 0.5) is 5.69 Å². The molecule has 7 nitrogen and oxygen atoms in total. The van der Waals surface area contributed by atoms with E-state index >= 15 is 0 Å². The number of carbonyl (C=O) groups is 1. The predicted octanol–water partition coefficient (Wildman–Crippen LogP) is 3.36. The van der Waals surface area contributed by atoms with E-state index in [4.69, 9.17) is 16.3 Å². The minimum atomic E-state index is -0.869. The largest absolute Gasteiger partial charge is 0.467 e. The molecule has 1 unspecified atom stereocenters. The van der Waals surface area contributed by atoms with E-state index in [-0.39, 0.29) is 5.69 Å². The molecule has 3 rings (SSSR count). The average Bonchev–Trinajstić information content (AvgIpc) is 3.00. The summed E-state index contributed by atoms with van der Waals surface area (Å²) in [6.45, 7) is 0. The first kappa shape index (κ1) is 15.9. The van der Waals surface area contributed by atoms with Crippen molar-refractivity contribution in [3.8, 4) is 0 Å².